The third-order valence-electron chi connectivity index (χ3n) is 5.70. The minimum absolute atomic E-state index is 0.105. The molecule has 2 aromatic heterocycles. The highest BCUT2D eigenvalue weighted by Crippen LogP contribution is 2.45. The van der Waals surface area contributed by atoms with Crippen molar-refractivity contribution >= 4 is 66.0 Å². The molecule has 0 bridgehead atoms. The van der Waals surface area contributed by atoms with E-state index >= 15 is 0 Å². The van der Waals surface area contributed by atoms with Crippen molar-refractivity contribution in [2.45, 2.75) is 40.0 Å². The molecular formula is C24H24Br2N2O2S. The summed E-state index contributed by atoms with van der Waals surface area (Å²) in [6.07, 6.45) is 4.65. The van der Waals surface area contributed by atoms with Crippen molar-refractivity contribution < 1.29 is 9.21 Å². The lowest BCUT2D eigenvalue weighted by Gasteiger charge is -2.33. The zero-order valence-corrected chi connectivity index (χ0v) is 21.7. The van der Waals surface area contributed by atoms with Crippen LogP contribution in [0.25, 0.3) is 0 Å². The standard InChI is InChI=1S/C24H24Br2N2O2S/c1-24(2,3)14-9-10-17-19(11-14)31-23(27-13-16-12-18(25)21(26)30-16)20(17)22(29)28-15-7-5-4-6-8-15/h4-8,12-14H,9-11H2,1-3H3,(H,28,29)/t14-/m1/s1. The Hall–Kier alpha value is -1.70. The number of halogens is 2. The molecule has 4 rings (SSSR count). The predicted molar refractivity (Wildman–Crippen MR) is 135 cm³/mol. The van der Waals surface area contributed by atoms with Crippen LogP contribution in [-0.4, -0.2) is 12.1 Å². The van der Waals surface area contributed by atoms with Gasteiger partial charge in [0.1, 0.15) is 10.8 Å². The zero-order chi connectivity index (χ0) is 22.2. The Bertz CT molecular complexity index is 1110. The molecular weight excluding hydrogens is 540 g/mol. The van der Waals surface area contributed by atoms with Crippen molar-refractivity contribution in [2.24, 2.45) is 16.3 Å². The molecule has 0 saturated carbocycles. The van der Waals surface area contributed by atoms with Gasteiger partial charge in [-0.05, 0) is 80.2 Å². The number of nitrogens with zero attached hydrogens (tertiary/aromatic N) is 1. The molecule has 162 valence electrons. The van der Waals surface area contributed by atoms with Crippen molar-refractivity contribution in [3.63, 3.8) is 0 Å². The minimum Gasteiger partial charge on any atom is -0.447 e. The highest BCUT2D eigenvalue weighted by Gasteiger charge is 2.33. The first-order valence-electron chi connectivity index (χ1n) is 10.2. The average Bonchev–Trinajstić information content (AvgIpc) is 3.25. The molecule has 2 heterocycles. The second-order valence-corrected chi connectivity index (χ2v) is 11.5. The molecule has 3 aromatic rings. The monoisotopic (exact) mass is 562 g/mol. The molecule has 1 aliphatic carbocycles. The number of rotatable bonds is 4. The second-order valence-electron chi connectivity index (χ2n) is 8.84. The van der Waals surface area contributed by atoms with Crippen LogP contribution in [0.4, 0.5) is 10.7 Å². The van der Waals surface area contributed by atoms with Crippen molar-refractivity contribution in [3.8, 4) is 0 Å². The lowest BCUT2D eigenvalue weighted by Crippen LogP contribution is -2.27. The molecule has 4 nitrogen and oxygen atoms in total. The lowest BCUT2D eigenvalue weighted by molar-refractivity contribution is 0.102. The van der Waals surface area contributed by atoms with Gasteiger partial charge in [-0.2, -0.15) is 0 Å². The summed E-state index contributed by atoms with van der Waals surface area (Å²) in [6, 6.07) is 11.4. The van der Waals surface area contributed by atoms with Gasteiger partial charge >= 0.3 is 0 Å². The van der Waals surface area contributed by atoms with E-state index in [2.05, 4.69) is 62.9 Å². The Kier molecular flexibility index (Phi) is 6.56. The summed E-state index contributed by atoms with van der Waals surface area (Å²) in [5.41, 5.74) is 2.86. The van der Waals surface area contributed by atoms with Crippen LogP contribution < -0.4 is 5.32 Å². The first-order chi connectivity index (χ1) is 14.7. The minimum atomic E-state index is -0.105. The van der Waals surface area contributed by atoms with Crippen LogP contribution in [0.3, 0.4) is 0 Å². The number of nitrogens with one attached hydrogen (secondary N) is 1. The number of fused-ring (bicyclic) bond motifs is 1. The molecule has 1 atom stereocenters. The van der Waals surface area contributed by atoms with Crippen molar-refractivity contribution in [1.82, 2.24) is 0 Å². The SMILES string of the molecule is CC(C)(C)[C@@H]1CCc2c(sc(N=Cc3cc(Br)c(Br)o3)c2C(=O)Nc2ccccc2)C1. The number of benzene rings is 1. The molecule has 31 heavy (non-hydrogen) atoms. The van der Waals surface area contributed by atoms with Crippen molar-refractivity contribution in [1.29, 1.82) is 0 Å². The fourth-order valence-corrected chi connectivity index (χ4v) is 5.78. The van der Waals surface area contributed by atoms with Crippen LogP contribution in [-0.2, 0) is 12.8 Å². The van der Waals surface area contributed by atoms with E-state index in [0.29, 0.717) is 21.9 Å². The van der Waals surface area contributed by atoms with Gasteiger partial charge in [-0.25, -0.2) is 4.99 Å². The van der Waals surface area contributed by atoms with Crippen LogP contribution in [0, 0.1) is 11.3 Å². The van der Waals surface area contributed by atoms with E-state index in [4.69, 9.17) is 4.42 Å². The van der Waals surface area contributed by atoms with E-state index in [1.807, 2.05) is 36.4 Å². The maximum absolute atomic E-state index is 13.3. The fourth-order valence-electron chi connectivity index (χ4n) is 3.90. The largest absolute Gasteiger partial charge is 0.447 e. The van der Waals surface area contributed by atoms with Crippen LogP contribution in [0.5, 0.6) is 0 Å². The van der Waals surface area contributed by atoms with E-state index in [-0.39, 0.29) is 11.3 Å². The van der Waals surface area contributed by atoms with Gasteiger partial charge in [-0.3, -0.25) is 4.79 Å². The molecule has 0 spiro atoms. The molecule has 1 aliphatic rings. The van der Waals surface area contributed by atoms with Crippen LogP contribution in [0.2, 0.25) is 0 Å². The number of anilines is 1. The molecule has 1 amide bonds. The van der Waals surface area contributed by atoms with Gasteiger partial charge in [0.05, 0.1) is 16.3 Å². The Labute approximate surface area is 203 Å². The summed E-state index contributed by atoms with van der Waals surface area (Å²) in [6.45, 7) is 6.89. The van der Waals surface area contributed by atoms with E-state index < -0.39 is 0 Å². The lowest BCUT2D eigenvalue weighted by atomic mass is 9.72. The molecule has 7 heteroatoms. The van der Waals surface area contributed by atoms with E-state index in [0.717, 1.165) is 40.0 Å². The first kappa shape index (κ1) is 22.5. The number of amides is 1. The summed E-state index contributed by atoms with van der Waals surface area (Å²) in [4.78, 5) is 19.3. The molecule has 1 N–H and O–H groups in total. The van der Waals surface area contributed by atoms with Gasteiger partial charge in [0.2, 0.25) is 0 Å². The summed E-state index contributed by atoms with van der Waals surface area (Å²) < 4.78 is 7.07. The molecule has 0 aliphatic heterocycles. The summed E-state index contributed by atoms with van der Waals surface area (Å²) in [5.74, 6) is 1.11. The van der Waals surface area contributed by atoms with E-state index in [1.54, 1.807) is 17.6 Å². The van der Waals surface area contributed by atoms with Crippen molar-refractivity contribution in [2.75, 3.05) is 5.32 Å². The number of furan rings is 1. The van der Waals surface area contributed by atoms with Gasteiger partial charge in [-0.15, -0.1) is 11.3 Å². The number of aliphatic imine (C=N–C) groups is 1. The van der Waals surface area contributed by atoms with Crippen LogP contribution in [0.15, 0.2) is 54.9 Å². The topological polar surface area (TPSA) is 54.6 Å². The first-order valence-corrected chi connectivity index (χ1v) is 12.6. The predicted octanol–water partition coefficient (Wildman–Crippen LogP) is 8.02. The highest BCUT2D eigenvalue weighted by molar-refractivity contribution is 9.13. The maximum atomic E-state index is 13.3. The quantitative estimate of drug-likeness (QED) is 0.327. The molecule has 1 aromatic carbocycles. The Morgan fingerprint density at radius 1 is 1.26 bits per heavy atom. The number of thiophene rings is 1. The molecule has 0 fully saturated rings. The molecule has 0 saturated heterocycles. The maximum Gasteiger partial charge on any atom is 0.259 e. The zero-order valence-electron chi connectivity index (χ0n) is 17.7. The number of para-hydroxylation sites is 1. The van der Waals surface area contributed by atoms with E-state index in [9.17, 15) is 4.79 Å². The van der Waals surface area contributed by atoms with Crippen LogP contribution in [0.1, 0.15) is 53.8 Å². The average molecular weight is 564 g/mol. The number of carbonyl (C=O) groups excluding carboxylic acids is 1. The number of hydrogen-bond donors (Lipinski definition) is 1. The van der Waals surface area contributed by atoms with Gasteiger partial charge in [0, 0.05) is 16.6 Å². The van der Waals surface area contributed by atoms with E-state index in [1.165, 1.54) is 4.88 Å². The van der Waals surface area contributed by atoms with Crippen molar-refractivity contribution in [3.05, 3.63) is 67.3 Å². The fraction of sp³-hybridized carbons (Fsp3) is 0.333. The number of hydrogen-bond acceptors (Lipinski definition) is 4. The molecule has 0 radical (unpaired) electrons. The summed E-state index contributed by atoms with van der Waals surface area (Å²) >= 11 is 8.40. The van der Waals surface area contributed by atoms with Gasteiger partial charge in [0.25, 0.3) is 5.91 Å². The third kappa shape index (κ3) is 5.04. The van der Waals surface area contributed by atoms with Gasteiger partial charge in [-0.1, -0.05) is 39.0 Å². The van der Waals surface area contributed by atoms with Gasteiger partial charge in [0.15, 0.2) is 4.67 Å². The van der Waals surface area contributed by atoms with Crippen LogP contribution >= 0.6 is 43.2 Å². The Morgan fingerprint density at radius 3 is 2.65 bits per heavy atom. The summed E-state index contributed by atoms with van der Waals surface area (Å²) in [7, 11) is 0. The highest BCUT2D eigenvalue weighted by atomic mass is 79.9. The van der Waals surface area contributed by atoms with Gasteiger partial charge < -0.3 is 9.73 Å². The normalized spacial score (nSPS) is 16.5. The number of carbonyl (C=O) groups is 1. The second kappa shape index (κ2) is 9.04. The Balaban J connectivity index is 1.70. The smallest absolute Gasteiger partial charge is 0.259 e. The third-order valence-corrected chi connectivity index (χ3v) is 8.58. The Morgan fingerprint density at radius 2 is 2.00 bits per heavy atom. The summed E-state index contributed by atoms with van der Waals surface area (Å²) in [5, 5.41) is 3.78. The molecule has 0 unspecified atom stereocenters.